The Labute approximate surface area is 172 Å². The first-order chi connectivity index (χ1) is 14.4. The van der Waals surface area contributed by atoms with Crippen LogP contribution in [-0.4, -0.2) is 47.4 Å². The summed E-state index contributed by atoms with van der Waals surface area (Å²) in [7, 11) is 0. The molecule has 4 rings (SSSR count). The van der Waals surface area contributed by atoms with E-state index in [1.165, 1.54) is 23.1 Å². The Kier molecular flexibility index (Phi) is 5.26. The lowest BCUT2D eigenvalue weighted by molar-refractivity contribution is -0.385. The highest BCUT2D eigenvalue weighted by atomic mass is 16.6. The summed E-state index contributed by atoms with van der Waals surface area (Å²) in [4.78, 5) is 37.9. The second-order valence-electron chi connectivity index (χ2n) is 7.26. The van der Waals surface area contributed by atoms with E-state index >= 15 is 0 Å². The monoisotopic (exact) mass is 411 g/mol. The molecule has 0 radical (unpaired) electrons. The lowest BCUT2D eigenvalue weighted by Gasteiger charge is -2.24. The summed E-state index contributed by atoms with van der Waals surface area (Å²) < 4.78 is 11.0. The van der Waals surface area contributed by atoms with Crippen molar-refractivity contribution in [2.45, 2.75) is 25.8 Å². The minimum atomic E-state index is -0.610. The molecule has 2 aromatic carbocycles. The molecule has 0 aromatic heterocycles. The molecule has 30 heavy (non-hydrogen) atoms. The minimum Gasteiger partial charge on any atom is -0.486 e. The van der Waals surface area contributed by atoms with Crippen LogP contribution in [0.5, 0.6) is 11.5 Å². The first kappa shape index (κ1) is 19.7. The maximum atomic E-state index is 13.0. The van der Waals surface area contributed by atoms with E-state index in [4.69, 9.17) is 9.47 Å². The largest absolute Gasteiger partial charge is 0.486 e. The predicted molar refractivity (Wildman–Crippen MR) is 108 cm³/mol. The summed E-state index contributed by atoms with van der Waals surface area (Å²) in [6.45, 7) is 2.98. The van der Waals surface area contributed by atoms with Crippen LogP contribution in [0.1, 0.15) is 28.8 Å². The van der Waals surface area contributed by atoms with E-state index < -0.39 is 11.0 Å². The molecule has 2 aliphatic rings. The van der Waals surface area contributed by atoms with E-state index in [1.54, 1.807) is 25.1 Å². The topological polar surface area (TPSA) is 111 Å². The number of fused-ring (bicyclic) bond motifs is 1. The molecular weight excluding hydrogens is 390 g/mol. The van der Waals surface area contributed by atoms with E-state index in [1.807, 2.05) is 0 Å². The van der Waals surface area contributed by atoms with Crippen molar-refractivity contribution in [1.29, 1.82) is 0 Å². The second kappa shape index (κ2) is 8.02. The standard InChI is InChI=1S/C21H21N3O6/c1-13-11-14(4-6-16(13)24(27)28)21(26)23-8-2-3-17(23)20(25)22-15-5-7-18-19(12-15)30-10-9-29-18/h4-7,11-12,17H,2-3,8-10H2,1H3,(H,22,25). The van der Waals surface area contributed by atoms with Gasteiger partial charge in [-0.1, -0.05) is 0 Å². The molecule has 0 bridgehead atoms. The Hall–Kier alpha value is -3.62. The quantitative estimate of drug-likeness (QED) is 0.612. The fraction of sp³-hybridized carbons (Fsp3) is 0.333. The predicted octanol–water partition coefficient (Wildman–Crippen LogP) is 2.92. The third kappa shape index (κ3) is 3.78. The Balaban J connectivity index is 1.49. The summed E-state index contributed by atoms with van der Waals surface area (Å²) in [5, 5.41) is 13.9. The van der Waals surface area contributed by atoms with Crippen LogP contribution in [0.4, 0.5) is 11.4 Å². The van der Waals surface area contributed by atoms with E-state index in [-0.39, 0.29) is 17.5 Å². The van der Waals surface area contributed by atoms with Crippen molar-refractivity contribution in [1.82, 2.24) is 4.90 Å². The molecule has 9 nitrogen and oxygen atoms in total. The van der Waals surface area contributed by atoms with Crippen LogP contribution in [0.25, 0.3) is 0 Å². The van der Waals surface area contributed by atoms with Gasteiger partial charge < -0.3 is 19.7 Å². The summed E-state index contributed by atoms with van der Waals surface area (Å²) in [5.41, 5.74) is 1.26. The number of carbonyl (C=O) groups excluding carboxylic acids is 2. The number of amides is 2. The molecule has 1 atom stereocenters. The van der Waals surface area contributed by atoms with Crippen LogP contribution in [-0.2, 0) is 4.79 Å². The molecular formula is C21H21N3O6. The molecule has 0 aliphatic carbocycles. The van der Waals surface area contributed by atoms with Crippen LogP contribution in [0.3, 0.4) is 0 Å². The number of nitrogens with zero attached hydrogens (tertiary/aromatic N) is 2. The maximum Gasteiger partial charge on any atom is 0.272 e. The molecule has 9 heteroatoms. The number of nitrogens with one attached hydrogen (secondary N) is 1. The summed E-state index contributed by atoms with van der Waals surface area (Å²) in [6, 6.07) is 8.81. The maximum absolute atomic E-state index is 13.0. The highest BCUT2D eigenvalue weighted by Gasteiger charge is 2.35. The number of nitro groups is 1. The van der Waals surface area contributed by atoms with Crippen LogP contribution in [0.15, 0.2) is 36.4 Å². The molecule has 156 valence electrons. The van der Waals surface area contributed by atoms with Crippen molar-refractivity contribution < 1.29 is 24.0 Å². The SMILES string of the molecule is Cc1cc(C(=O)N2CCCC2C(=O)Nc2ccc3c(c2)OCCO3)ccc1[N+](=O)[O-]. The molecule has 1 N–H and O–H groups in total. The third-order valence-corrected chi connectivity index (χ3v) is 5.27. The Bertz CT molecular complexity index is 1020. The highest BCUT2D eigenvalue weighted by Crippen LogP contribution is 2.33. The zero-order valence-electron chi connectivity index (χ0n) is 16.4. The van der Waals surface area contributed by atoms with Crippen molar-refractivity contribution in [3.05, 3.63) is 57.6 Å². The van der Waals surface area contributed by atoms with Crippen molar-refractivity contribution in [3.63, 3.8) is 0 Å². The highest BCUT2D eigenvalue weighted by molar-refractivity contribution is 6.01. The van der Waals surface area contributed by atoms with Gasteiger partial charge in [-0.3, -0.25) is 19.7 Å². The molecule has 2 amide bonds. The number of hydrogen-bond donors (Lipinski definition) is 1. The normalized spacial score (nSPS) is 17.5. The number of hydrogen-bond acceptors (Lipinski definition) is 6. The van der Waals surface area contributed by atoms with E-state index in [9.17, 15) is 19.7 Å². The van der Waals surface area contributed by atoms with E-state index in [2.05, 4.69) is 5.32 Å². The molecule has 2 aromatic rings. The lowest BCUT2D eigenvalue weighted by atomic mass is 10.1. The summed E-state index contributed by atoms with van der Waals surface area (Å²) in [5.74, 6) is 0.606. The van der Waals surface area contributed by atoms with Crippen LogP contribution < -0.4 is 14.8 Å². The van der Waals surface area contributed by atoms with Crippen molar-refractivity contribution >= 4 is 23.2 Å². The summed E-state index contributed by atoms with van der Waals surface area (Å²) >= 11 is 0. The summed E-state index contributed by atoms with van der Waals surface area (Å²) in [6.07, 6.45) is 1.25. The number of benzene rings is 2. The first-order valence-electron chi connectivity index (χ1n) is 9.70. The Morgan fingerprint density at radius 3 is 2.63 bits per heavy atom. The second-order valence-corrected chi connectivity index (χ2v) is 7.26. The number of ether oxygens (including phenoxy) is 2. The van der Waals surface area contributed by atoms with Crippen molar-refractivity contribution in [2.75, 3.05) is 25.1 Å². The third-order valence-electron chi connectivity index (χ3n) is 5.27. The van der Waals surface area contributed by atoms with Crippen LogP contribution >= 0.6 is 0 Å². The van der Waals surface area contributed by atoms with Crippen molar-refractivity contribution in [2.24, 2.45) is 0 Å². The van der Waals surface area contributed by atoms with Gasteiger partial charge in [-0.2, -0.15) is 0 Å². The molecule has 2 aliphatic heterocycles. The van der Waals surface area contributed by atoms with Crippen LogP contribution in [0, 0.1) is 17.0 Å². The smallest absolute Gasteiger partial charge is 0.272 e. The van der Waals surface area contributed by atoms with Gasteiger partial charge in [0.25, 0.3) is 11.6 Å². The lowest BCUT2D eigenvalue weighted by Crippen LogP contribution is -2.43. The molecule has 1 fully saturated rings. The minimum absolute atomic E-state index is 0.0409. The molecule has 1 saturated heterocycles. The molecule has 1 unspecified atom stereocenters. The zero-order valence-corrected chi connectivity index (χ0v) is 16.4. The van der Waals surface area contributed by atoms with Gasteiger partial charge in [0.1, 0.15) is 19.3 Å². The van der Waals surface area contributed by atoms with Gasteiger partial charge in [0.05, 0.1) is 4.92 Å². The number of aryl methyl sites for hydroxylation is 1. The fourth-order valence-electron chi connectivity index (χ4n) is 3.79. The molecule has 0 saturated carbocycles. The van der Waals surface area contributed by atoms with Gasteiger partial charge in [0.15, 0.2) is 11.5 Å². The number of nitro benzene ring substituents is 1. The van der Waals surface area contributed by atoms with Crippen LogP contribution in [0.2, 0.25) is 0 Å². The molecule has 0 spiro atoms. The zero-order chi connectivity index (χ0) is 21.3. The van der Waals surface area contributed by atoms with Gasteiger partial charge in [-0.15, -0.1) is 0 Å². The van der Waals surface area contributed by atoms with E-state index in [0.29, 0.717) is 60.9 Å². The number of anilines is 1. The van der Waals surface area contributed by atoms with Gasteiger partial charge in [-0.05, 0) is 44.0 Å². The number of rotatable bonds is 4. The van der Waals surface area contributed by atoms with Gasteiger partial charge in [0, 0.05) is 35.5 Å². The van der Waals surface area contributed by atoms with Gasteiger partial charge >= 0.3 is 0 Å². The first-order valence-corrected chi connectivity index (χ1v) is 9.70. The van der Waals surface area contributed by atoms with Gasteiger partial charge in [0.2, 0.25) is 5.91 Å². The van der Waals surface area contributed by atoms with Gasteiger partial charge in [-0.25, -0.2) is 0 Å². The Morgan fingerprint density at radius 2 is 1.90 bits per heavy atom. The Morgan fingerprint density at radius 1 is 1.13 bits per heavy atom. The fourth-order valence-corrected chi connectivity index (χ4v) is 3.79. The average molecular weight is 411 g/mol. The van der Waals surface area contributed by atoms with E-state index in [0.717, 1.165) is 0 Å². The average Bonchev–Trinajstić information content (AvgIpc) is 3.23. The number of carbonyl (C=O) groups is 2. The van der Waals surface area contributed by atoms with Crippen molar-refractivity contribution in [3.8, 4) is 11.5 Å². The molecule has 2 heterocycles. The number of likely N-dealkylation sites (tertiary alicyclic amines) is 1.